The molecule has 0 fully saturated rings. The molecule has 2 aromatic carbocycles. The van der Waals surface area contributed by atoms with Gasteiger partial charge in [0.25, 0.3) is 0 Å². The van der Waals surface area contributed by atoms with Crippen LogP contribution in [0.4, 0.5) is 16.2 Å². The maximum atomic E-state index is 12.0. The van der Waals surface area contributed by atoms with Crippen LogP contribution in [0.5, 0.6) is 0 Å². The molecule has 0 aliphatic rings. The van der Waals surface area contributed by atoms with Crippen molar-refractivity contribution in [1.29, 1.82) is 0 Å². The third kappa shape index (κ3) is 4.46. The highest BCUT2D eigenvalue weighted by atomic mass is 79.9. The van der Waals surface area contributed by atoms with Crippen molar-refractivity contribution in [2.45, 2.75) is 13.0 Å². The van der Waals surface area contributed by atoms with Crippen LogP contribution in [-0.2, 0) is 0 Å². The highest BCUT2D eigenvalue weighted by Crippen LogP contribution is 2.25. The predicted octanol–water partition coefficient (Wildman–Crippen LogP) is 4.77. The van der Waals surface area contributed by atoms with Crippen LogP contribution in [0.3, 0.4) is 0 Å². The molecule has 1 unspecified atom stereocenters. The Morgan fingerprint density at radius 2 is 1.86 bits per heavy atom. The van der Waals surface area contributed by atoms with E-state index in [0.29, 0.717) is 16.4 Å². The molecule has 4 nitrogen and oxygen atoms in total. The Hall–Kier alpha value is -1.56. The average molecular weight is 369 g/mol. The summed E-state index contributed by atoms with van der Waals surface area (Å²) in [6, 6.07) is 12.2. The molecule has 110 valence electrons. The first kappa shape index (κ1) is 15.8. The summed E-state index contributed by atoms with van der Waals surface area (Å²) in [7, 11) is 0. The summed E-state index contributed by atoms with van der Waals surface area (Å²) >= 11 is 9.28. The minimum Gasteiger partial charge on any atom is -0.324 e. The average Bonchev–Trinajstić information content (AvgIpc) is 2.43. The number of carbonyl (C=O) groups excluding carboxylic acids is 1. The number of hydrogen-bond donors (Lipinski definition) is 3. The van der Waals surface area contributed by atoms with E-state index in [1.165, 1.54) is 0 Å². The fourth-order valence-corrected chi connectivity index (χ4v) is 2.19. The number of benzene rings is 2. The van der Waals surface area contributed by atoms with E-state index in [0.717, 1.165) is 10.0 Å². The van der Waals surface area contributed by atoms with Crippen molar-refractivity contribution in [2.75, 3.05) is 10.6 Å². The summed E-state index contributed by atoms with van der Waals surface area (Å²) in [5, 5.41) is 6.01. The van der Waals surface area contributed by atoms with Gasteiger partial charge in [0, 0.05) is 21.9 Å². The van der Waals surface area contributed by atoms with Crippen molar-refractivity contribution >= 4 is 44.9 Å². The molecule has 0 heterocycles. The van der Waals surface area contributed by atoms with Gasteiger partial charge in [0.1, 0.15) is 0 Å². The molecular formula is C15H15BrClN3O. The van der Waals surface area contributed by atoms with Crippen LogP contribution in [0, 0.1) is 0 Å². The first-order valence-electron chi connectivity index (χ1n) is 6.34. The van der Waals surface area contributed by atoms with E-state index >= 15 is 0 Å². The SMILES string of the molecule is CC(N)c1cccc(NC(=O)Nc2ccc(Br)c(Cl)c2)c1. The first-order valence-corrected chi connectivity index (χ1v) is 7.51. The Kier molecular flexibility index (Phi) is 5.22. The first-order chi connectivity index (χ1) is 9.95. The number of nitrogens with one attached hydrogen (secondary N) is 2. The van der Waals surface area contributed by atoms with Gasteiger partial charge in [0.05, 0.1) is 5.02 Å². The number of hydrogen-bond acceptors (Lipinski definition) is 2. The zero-order valence-corrected chi connectivity index (χ0v) is 13.7. The molecule has 21 heavy (non-hydrogen) atoms. The van der Waals surface area contributed by atoms with E-state index in [1.807, 2.05) is 25.1 Å². The van der Waals surface area contributed by atoms with Crippen LogP contribution in [0.15, 0.2) is 46.9 Å². The molecule has 0 saturated carbocycles. The fraction of sp³-hybridized carbons (Fsp3) is 0.133. The topological polar surface area (TPSA) is 67.1 Å². The molecule has 0 aliphatic carbocycles. The zero-order valence-electron chi connectivity index (χ0n) is 11.4. The standard InChI is InChI=1S/C15H15BrClN3O/c1-9(18)10-3-2-4-11(7-10)19-15(21)20-12-5-6-13(16)14(17)8-12/h2-9H,18H2,1H3,(H2,19,20,21). The largest absolute Gasteiger partial charge is 0.324 e. The molecule has 0 radical (unpaired) electrons. The summed E-state index contributed by atoms with van der Waals surface area (Å²) in [5.41, 5.74) is 8.08. The lowest BCUT2D eigenvalue weighted by molar-refractivity contribution is 0.262. The van der Waals surface area contributed by atoms with E-state index in [9.17, 15) is 4.79 Å². The number of anilines is 2. The number of carbonyl (C=O) groups is 1. The molecule has 0 saturated heterocycles. The monoisotopic (exact) mass is 367 g/mol. The van der Waals surface area contributed by atoms with Gasteiger partial charge in [0.2, 0.25) is 0 Å². The molecule has 2 rings (SSSR count). The smallest absolute Gasteiger partial charge is 0.323 e. The molecule has 0 bridgehead atoms. The number of halogens is 2. The van der Waals surface area contributed by atoms with Gasteiger partial charge in [-0.05, 0) is 58.7 Å². The van der Waals surface area contributed by atoms with E-state index in [4.69, 9.17) is 17.3 Å². The highest BCUT2D eigenvalue weighted by molar-refractivity contribution is 9.10. The van der Waals surface area contributed by atoms with Crippen molar-refractivity contribution < 1.29 is 4.79 Å². The van der Waals surface area contributed by atoms with Crippen LogP contribution in [0.2, 0.25) is 5.02 Å². The third-order valence-electron chi connectivity index (χ3n) is 2.85. The van der Waals surface area contributed by atoms with Gasteiger partial charge in [-0.25, -0.2) is 4.79 Å². The lowest BCUT2D eigenvalue weighted by Gasteiger charge is -2.11. The van der Waals surface area contributed by atoms with Gasteiger partial charge in [-0.3, -0.25) is 0 Å². The highest BCUT2D eigenvalue weighted by Gasteiger charge is 2.06. The van der Waals surface area contributed by atoms with Gasteiger partial charge in [0.15, 0.2) is 0 Å². The number of urea groups is 1. The maximum absolute atomic E-state index is 12.0. The number of amides is 2. The molecule has 0 aromatic heterocycles. The van der Waals surface area contributed by atoms with E-state index < -0.39 is 0 Å². The molecule has 0 aliphatic heterocycles. The van der Waals surface area contributed by atoms with Crippen molar-refractivity contribution in [1.82, 2.24) is 0 Å². The summed E-state index contributed by atoms with van der Waals surface area (Å²) in [4.78, 5) is 12.0. The normalized spacial score (nSPS) is 11.8. The lowest BCUT2D eigenvalue weighted by atomic mass is 10.1. The van der Waals surface area contributed by atoms with Gasteiger partial charge >= 0.3 is 6.03 Å². The summed E-state index contributed by atoms with van der Waals surface area (Å²) in [5.74, 6) is 0. The second-order valence-electron chi connectivity index (χ2n) is 4.62. The number of nitrogens with two attached hydrogens (primary N) is 1. The number of rotatable bonds is 3. The van der Waals surface area contributed by atoms with Gasteiger partial charge in [-0.1, -0.05) is 23.7 Å². The second kappa shape index (κ2) is 6.93. The van der Waals surface area contributed by atoms with Crippen LogP contribution in [0.1, 0.15) is 18.5 Å². The molecule has 6 heteroatoms. The summed E-state index contributed by atoms with van der Waals surface area (Å²) in [6.07, 6.45) is 0. The van der Waals surface area contributed by atoms with Crippen molar-refractivity contribution in [3.8, 4) is 0 Å². The van der Waals surface area contributed by atoms with Crippen molar-refractivity contribution in [3.63, 3.8) is 0 Å². The zero-order chi connectivity index (χ0) is 15.4. The molecule has 0 spiro atoms. The van der Waals surface area contributed by atoms with Crippen molar-refractivity contribution in [3.05, 3.63) is 57.5 Å². The molecular weight excluding hydrogens is 354 g/mol. The lowest BCUT2D eigenvalue weighted by Crippen LogP contribution is -2.19. The van der Waals surface area contributed by atoms with Gasteiger partial charge in [-0.2, -0.15) is 0 Å². The summed E-state index contributed by atoms with van der Waals surface area (Å²) < 4.78 is 0.778. The van der Waals surface area contributed by atoms with E-state index in [-0.39, 0.29) is 12.1 Å². The Morgan fingerprint density at radius 3 is 2.48 bits per heavy atom. The van der Waals surface area contributed by atoms with E-state index in [2.05, 4.69) is 26.6 Å². The molecule has 2 amide bonds. The maximum Gasteiger partial charge on any atom is 0.323 e. The fourth-order valence-electron chi connectivity index (χ4n) is 1.77. The summed E-state index contributed by atoms with van der Waals surface area (Å²) in [6.45, 7) is 1.89. The van der Waals surface area contributed by atoms with Gasteiger partial charge in [-0.15, -0.1) is 0 Å². The van der Waals surface area contributed by atoms with Crippen LogP contribution in [0.25, 0.3) is 0 Å². The minimum absolute atomic E-state index is 0.0832. The molecule has 4 N–H and O–H groups in total. The Balaban J connectivity index is 2.04. The van der Waals surface area contributed by atoms with Crippen LogP contribution >= 0.6 is 27.5 Å². The molecule has 1 atom stereocenters. The predicted molar refractivity (Wildman–Crippen MR) is 90.8 cm³/mol. The van der Waals surface area contributed by atoms with E-state index in [1.54, 1.807) is 24.3 Å². The quantitative estimate of drug-likeness (QED) is 0.730. The van der Waals surface area contributed by atoms with Crippen molar-refractivity contribution in [2.24, 2.45) is 5.73 Å². The Labute approximate surface area is 136 Å². The van der Waals surface area contributed by atoms with Crippen LogP contribution in [-0.4, -0.2) is 6.03 Å². The Bertz CT molecular complexity index is 661. The van der Waals surface area contributed by atoms with Gasteiger partial charge < -0.3 is 16.4 Å². The third-order valence-corrected chi connectivity index (χ3v) is 4.08. The second-order valence-corrected chi connectivity index (χ2v) is 5.88. The van der Waals surface area contributed by atoms with Crippen LogP contribution < -0.4 is 16.4 Å². The minimum atomic E-state index is -0.338. The molecule has 2 aromatic rings. The Morgan fingerprint density at radius 1 is 1.19 bits per heavy atom.